The lowest BCUT2D eigenvalue weighted by Gasteiger charge is -2.05. The lowest BCUT2D eigenvalue weighted by atomic mass is 10.5. The van der Waals surface area contributed by atoms with Crippen molar-refractivity contribution in [1.82, 2.24) is 4.98 Å². The summed E-state index contributed by atoms with van der Waals surface area (Å²) in [7, 11) is -3.41. The first-order valence-electron chi connectivity index (χ1n) is 3.45. The van der Waals surface area contributed by atoms with Crippen LogP contribution >= 0.6 is 0 Å². The fourth-order valence-electron chi connectivity index (χ4n) is 0.706. The first-order valence-corrected chi connectivity index (χ1v) is 5.00. The van der Waals surface area contributed by atoms with Gasteiger partial charge in [0, 0.05) is 6.20 Å². The van der Waals surface area contributed by atoms with Crippen LogP contribution in [0.3, 0.4) is 0 Å². The molecule has 1 aromatic heterocycles. The number of sulfone groups is 1. The van der Waals surface area contributed by atoms with Crippen LogP contribution in [-0.2, 0) is 9.84 Å². The molecule has 0 radical (unpaired) electrons. The minimum atomic E-state index is -3.41. The molecule has 4 nitrogen and oxygen atoms in total. The van der Waals surface area contributed by atoms with Crippen LogP contribution in [0.2, 0.25) is 0 Å². The van der Waals surface area contributed by atoms with Crippen molar-refractivity contribution in [1.29, 1.82) is 0 Å². The van der Waals surface area contributed by atoms with E-state index < -0.39 is 15.2 Å². The summed E-state index contributed by atoms with van der Waals surface area (Å²) in [4.78, 5) is 3.70. The molecule has 66 valence electrons. The average molecular weight is 186 g/mol. The summed E-state index contributed by atoms with van der Waals surface area (Å²) in [6, 6.07) is 4.70. The standard InChI is InChI=1S/C7H10N2O2S/c1-6(8)12(10,11)7-4-2-3-5-9-7/h2-6H,8H2,1H3. The fourth-order valence-corrected chi connectivity index (χ4v) is 1.56. The van der Waals surface area contributed by atoms with Crippen LogP contribution in [-0.4, -0.2) is 18.8 Å². The van der Waals surface area contributed by atoms with E-state index in [2.05, 4.69) is 4.98 Å². The molecule has 0 aliphatic heterocycles. The van der Waals surface area contributed by atoms with Crippen LogP contribution < -0.4 is 5.73 Å². The van der Waals surface area contributed by atoms with E-state index >= 15 is 0 Å². The molecule has 12 heavy (non-hydrogen) atoms. The highest BCUT2D eigenvalue weighted by atomic mass is 32.2. The maximum atomic E-state index is 11.3. The van der Waals surface area contributed by atoms with Crippen LogP contribution in [0.15, 0.2) is 29.4 Å². The maximum Gasteiger partial charge on any atom is 0.210 e. The van der Waals surface area contributed by atoms with Crippen molar-refractivity contribution in [3.8, 4) is 0 Å². The summed E-state index contributed by atoms with van der Waals surface area (Å²) in [6.07, 6.45) is 1.43. The number of hydrogen-bond donors (Lipinski definition) is 1. The van der Waals surface area contributed by atoms with Crippen molar-refractivity contribution in [2.24, 2.45) is 5.73 Å². The van der Waals surface area contributed by atoms with Crippen molar-refractivity contribution >= 4 is 9.84 Å². The smallest absolute Gasteiger partial charge is 0.210 e. The number of rotatable bonds is 2. The van der Waals surface area contributed by atoms with Gasteiger partial charge in [0.1, 0.15) is 5.37 Å². The summed E-state index contributed by atoms with van der Waals surface area (Å²) in [5.74, 6) is 0. The van der Waals surface area contributed by atoms with E-state index in [1.165, 1.54) is 19.2 Å². The van der Waals surface area contributed by atoms with Crippen LogP contribution in [0.5, 0.6) is 0 Å². The first-order chi connectivity index (χ1) is 5.55. The summed E-state index contributed by atoms with van der Waals surface area (Å²) < 4.78 is 22.7. The van der Waals surface area contributed by atoms with Crippen molar-refractivity contribution in [2.45, 2.75) is 17.3 Å². The predicted molar refractivity (Wildman–Crippen MR) is 45.1 cm³/mol. The summed E-state index contributed by atoms with van der Waals surface area (Å²) in [5.41, 5.74) is 5.27. The second kappa shape index (κ2) is 3.20. The van der Waals surface area contributed by atoms with E-state index in [1.54, 1.807) is 12.1 Å². The molecule has 0 bridgehead atoms. The zero-order chi connectivity index (χ0) is 9.19. The Morgan fingerprint density at radius 2 is 2.17 bits per heavy atom. The average Bonchev–Trinajstić information content (AvgIpc) is 2.06. The Labute approximate surface area is 71.3 Å². The number of nitrogens with two attached hydrogens (primary N) is 1. The van der Waals surface area contributed by atoms with Gasteiger partial charge in [0.25, 0.3) is 0 Å². The van der Waals surface area contributed by atoms with E-state index in [0.717, 1.165) is 0 Å². The third kappa shape index (κ3) is 1.62. The van der Waals surface area contributed by atoms with Crippen LogP contribution in [0, 0.1) is 0 Å². The molecule has 0 spiro atoms. The highest BCUT2D eigenvalue weighted by Gasteiger charge is 2.19. The third-order valence-electron chi connectivity index (χ3n) is 1.42. The molecular weight excluding hydrogens is 176 g/mol. The maximum absolute atomic E-state index is 11.3. The Hall–Kier alpha value is -0.940. The van der Waals surface area contributed by atoms with Gasteiger partial charge in [-0.2, -0.15) is 0 Å². The molecule has 0 aromatic carbocycles. The minimum Gasteiger partial charge on any atom is -0.315 e. The molecule has 5 heteroatoms. The van der Waals surface area contributed by atoms with Gasteiger partial charge in [-0.25, -0.2) is 13.4 Å². The quantitative estimate of drug-likeness (QED) is 0.714. The van der Waals surface area contributed by atoms with Crippen molar-refractivity contribution < 1.29 is 8.42 Å². The van der Waals surface area contributed by atoms with Crippen molar-refractivity contribution in [3.63, 3.8) is 0 Å². The zero-order valence-corrected chi connectivity index (χ0v) is 7.45. The second-order valence-electron chi connectivity index (χ2n) is 2.42. The number of hydrogen-bond acceptors (Lipinski definition) is 4. The van der Waals surface area contributed by atoms with E-state index in [-0.39, 0.29) is 5.03 Å². The number of pyridine rings is 1. The van der Waals surface area contributed by atoms with Gasteiger partial charge in [0.15, 0.2) is 5.03 Å². The predicted octanol–water partition coefficient (Wildman–Crippen LogP) is 0.160. The van der Waals surface area contributed by atoms with Gasteiger partial charge in [-0.15, -0.1) is 0 Å². The molecule has 0 fully saturated rings. The van der Waals surface area contributed by atoms with Gasteiger partial charge in [0.2, 0.25) is 9.84 Å². The number of aromatic nitrogens is 1. The molecular formula is C7H10N2O2S. The van der Waals surface area contributed by atoms with Crippen LogP contribution in [0.25, 0.3) is 0 Å². The Bertz CT molecular complexity index is 345. The van der Waals surface area contributed by atoms with Crippen molar-refractivity contribution in [2.75, 3.05) is 0 Å². The van der Waals surface area contributed by atoms with Crippen molar-refractivity contribution in [3.05, 3.63) is 24.4 Å². The van der Waals surface area contributed by atoms with E-state index in [1.807, 2.05) is 0 Å². The Balaban J connectivity index is 3.17. The molecule has 1 atom stereocenters. The largest absolute Gasteiger partial charge is 0.315 e. The summed E-state index contributed by atoms with van der Waals surface area (Å²) in [5, 5.41) is -0.882. The highest BCUT2D eigenvalue weighted by Crippen LogP contribution is 2.08. The van der Waals surface area contributed by atoms with Gasteiger partial charge < -0.3 is 5.73 Å². The molecule has 0 saturated carbocycles. The normalized spacial score (nSPS) is 14.2. The Morgan fingerprint density at radius 3 is 2.58 bits per heavy atom. The lowest BCUT2D eigenvalue weighted by molar-refractivity contribution is 0.581. The van der Waals surface area contributed by atoms with Gasteiger partial charge in [-0.05, 0) is 19.1 Å². The molecule has 0 saturated heterocycles. The fraction of sp³-hybridized carbons (Fsp3) is 0.286. The molecule has 2 N–H and O–H groups in total. The number of nitrogens with zero attached hydrogens (tertiary/aromatic N) is 1. The highest BCUT2D eigenvalue weighted by molar-refractivity contribution is 7.91. The summed E-state index contributed by atoms with van der Waals surface area (Å²) in [6.45, 7) is 1.42. The SMILES string of the molecule is CC(N)S(=O)(=O)c1ccccn1. The molecule has 1 unspecified atom stereocenters. The summed E-state index contributed by atoms with van der Waals surface area (Å²) >= 11 is 0. The van der Waals surface area contributed by atoms with Crippen LogP contribution in [0.4, 0.5) is 0 Å². The minimum absolute atomic E-state index is 0.0278. The molecule has 1 aromatic rings. The molecule has 0 amide bonds. The topological polar surface area (TPSA) is 73.1 Å². The van der Waals surface area contributed by atoms with Gasteiger partial charge in [-0.1, -0.05) is 6.07 Å². The van der Waals surface area contributed by atoms with Gasteiger partial charge in [0.05, 0.1) is 0 Å². The Kier molecular flexibility index (Phi) is 2.44. The third-order valence-corrected chi connectivity index (χ3v) is 3.22. The molecule has 0 aliphatic carbocycles. The zero-order valence-electron chi connectivity index (χ0n) is 6.64. The molecule has 1 heterocycles. The lowest BCUT2D eigenvalue weighted by Crippen LogP contribution is -2.27. The molecule has 1 rings (SSSR count). The monoisotopic (exact) mass is 186 g/mol. The van der Waals surface area contributed by atoms with Crippen LogP contribution in [0.1, 0.15) is 6.92 Å². The van der Waals surface area contributed by atoms with Gasteiger partial charge in [-0.3, -0.25) is 0 Å². The second-order valence-corrected chi connectivity index (χ2v) is 4.67. The Morgan fingerprint density at radius 1 is 1.50 bits per heavy atom. The van der Waals surface area contributed by atoms with Gasteiger partial charge >= 0.3 is 0 Å². The van der Waals surface area contributed by atoms with E-state index in [4.69, 9.17) is 5.73 Å². The first kappa shape index (κ1) is 9.15. The van der Waals surface area contributed by atoms with E-state index in [0.29, 0.717) is 0 Å². The molecule has 0 aliphatic rings. The van der Waals surface area contributed by atoms with E-state index in [9.17, 15) is 8.42 Å².